The zero-order valence-corrected chi connectivity index (χ0v) is 21.5. The van der Waals surface area contributed by atoms with Crippen LogP contribution in [0, 0.1) is 0 Å². The van der Waals surface area contributed by atoms with Crippen LogP contribution < -0.4 is 15.1 Å². The van der Waals surface area contributed by atoms with Gasteiger partial charge in [0.2, 0.25) is 21.8 Å². The summed E-state index contributed by atoms with van der Waals surface area (Å²) >= 11 is 0. The van der Waals surface area contributed by atoms with Gasteiger partial charge in [0.25, 0.3) is 0 Å². The van der Waals surface area contributed by atoms with Gasteiger partial charge in [0.15, 0.2) is 0 Å². The molecule has 1 saturated heterocycles. The van der Waals surface area contributed by atoms with E-state index in [9.17, 15) is 18.0 Å². The Labute approximate surface area is 207 Å². The maximum absolute atomic E-state index is 13.2. The number of amides is 2. The van der Waals surface area contributed by atoms with E-state index in [-0.39, 0.29) is 29.6 Å². The van der Waals surface area contributed by atoms with Crippen LogP contribution in [-0.4, -0.2) is 57.8 Å². The summed E-state index contributed by atoms with van der Waals surface area (Å²) in [6.07, 6.45) is 3.31. The molecule has 1 atom stereocenters. The smallest absolute Gasteiger partial charge is 0.243 e. The number of fused-ring (bicyclic) bond motifs is 1. The predicted molar refractivity (Wildman–Crippen MR) is 137 cm³/mol. The van der Waals surface area contributed by atoms with Crippen LogP contribution in [-0.2, 0) is 32.6 Å². The fourth-order valence-corrected chi connectivity index (χ4v) is 6.32. The van der Waals surface area contributed by atoms with E-state index >= 15 is 0 Å². The molecule has 35 heavy (non-hydrogen) atoms. The third-order valence-corrected chi connectivity index (χ3v) is 8.68. The predicted octanol–water partition coefficient (Wildman–Crippen LogP) is 2.91. The molecule has 0 saturated carbocycles. The summed E-state index contributed by atoms with van der Waals surface area (Å²) in [6, 6.07) is 12.1. The molecule has 0 aromatic heterocycles. The molecule has 2 aliphatic rings. The Morgan fingerprint density at radius 1 is 1.03 bits per heavy atom. The number of rotatable bonds is 7. The summed E-state index contributed by atoms with van der Waals surface area (Å²) in [5.41, 5.74) is 3.36. The molecule has 9 heteroatoms. The molecule has 2 amide bonds. The number of hydrogen-bond donors (Lipinski definition) is 1. The third-order valence-electron chi connectivity index (χ3n) is 6.78. The quantitative estimate of drug-likeness (QED) is 0.634. The van der Waals surface area contributed by atoms with Crippen molar-refractivity contribution in [2.24, 2.45) is 0 Å². The molecule has 0 aliphatic carbocycles. The van der Waals surface area contributed by atoms with Crippen molar-refractivity contribution in [3.8, 4) is 0 Å². The molecule has 0 radical (unpaired) electrons. The first kappa shape index (κ1) is 25.2. The van der Waals surface area contributed by atoms with E-state index in [0.29, 0.717) is 30.9 Å². The maximum Gasteiger partial charge on any atom is 0.243 e. The lowest BCUT2D eigenvalue weighted by Crippen LogP contribution is -2.47. The molecule has 8 nitrogen and oxygen atoms in total. The van der Waals surface area contributed by atoms with Gasteiger partial charge in [-0.1, -0.05) is 25.5 Å². The van der Waals surface area contributed by atoms with Crippen LogP contribution in [0.5, 0.6) is 0 Å². The number of nitrogens with zero attached hydrogens (tertiary/aromatic N) is 3. The minimum atomic E-state index is -3.59. The Morgan fingerprint density at radius 3 is 2.34 bits per heavy atom. The van der Waals surface area contributed by atoms with Gasteiger partial charge in [-0.05, 0) is 54.3 Å². The number of carbonyl (C=O) groups excluding carboxylic acids is 2. The summed E-state index contributed by atoms with van der Waals surface area (Å²) in [6.45, 7) is 3.17. The highest BCUT2D eigenvalue weighted by Gasteiger charge is 2.38. The van der Waals surface area contributed by atoms with Crippen molar-refractivity contribution >= 4 is 33.2 Å². The number of anilines is 2. The molecule has 1 fully saturated rings. The maximum atomic E-state index is 13.2. The molecule has 2 aromatic rings. The third kappa shape index (κ3) is 5.21. The second-order valence-electron chi connectivity index (χ2n) is 9.37. The van der Waals surface area contributed by atoms with Gasteiger partial charge in [0.1, 0.15) is 6.04 Å². The van der Waals surface area contributed by atoms with E-state index in [1.165, 1.54) is 9.21 Å². The molecule has 0 spiro atoms. The van der Waals surface area contributed by atoms with Crippen molar-refractivity contribution < 1.29 is 18.0 Å². The Kier molecular flexibility index (Phi) is 7.47. The van der Waals surface area contributed by atoms with Gasteiger partial charge in [-0.25, -0.2) is 8.42 Å². The van der Waals surface area contributed by atoms with Crippen LogP contribution in [0.2, 0.25) is 0 Å². The number of piperidine rings is 1. The Morgan fingerprint density at radius 2 is 1.71 bits per heavy atom. The minimum absolute atomic E-state index is 0.161. The highest BCUT2D eigenvalue weighted by atomic mass is 32.2. The van der Waals surface area contributed by atoms with Crippen LogP contribution >= 0.6 is 0 Å². The molecular weight excluding hydrogens is 464 g/mol. The van der Waals surface area contributed by atoms with Gasteiger partial charge in [0.05, 0.1) is 4.90 Å². The molecule has 1 unspecified atom stereocenters. The zero-order valence-electron chi connectivity index (χ0n) is 20.7. The summed E-state index contributed by atoms with van der Waals surface area (Å²) in [5, 5.41) is 2.96. The topological polar surface area (TPSA) is 90.0 Å². The van der Waals surface area contributed by atoms with Crippen molar-refractivity contribution in [1.29, 1.82) is 0 Å². The first-order valence-corrected chi connectivity index (χ1v) is 13.7. The summed E-state index contributed by atoms with van der Waals surface area (Å²) < 4.78 is 27.9. The van der Waals surface area contributed by atoms with Crippen LogP contribution in [0.4, 0.5) is 11.4 Å². The largest absolute Gasteiger partial charge is 0.378 e. The molecule has 2 aliphatic heterocycles. The Balaban J connectivity index is 1.53. The lowest BCUT2D eigenvalue weighted by Gasteiger charge is -2.26. The number of carbonyl (C=O) groups is 2. The standard InChI is InChI=1S/C26H34N4O4S/c1-4-25(31)30-23-13-12-22(35(33,34)29-14-6-5-7-15-29)16-20(23)17-24(30)26(32)27-18-19-8-10-21(11-9-19)28(2)3/h8-13,16,24H,4-7,14-15,17-18H2,1-3H3,(H,27,32). The van der Waals surface area contributed by atoms with Gasteiger partial charge >= 0.3 is 0 Å². The lowest BCUT2D eigenvalue weighted by molar-refractivity contribution is -0.126. The van der Waals surface area contributed by atoms with E-state index in [2.05, 4.69) is 5.32 Å². The van der Waals surface area contributed by atoms with Crippen LogP contribution in [0.15, 0.2) is 47.4 Å². The SMILES string of the molecule is CCC(=O)N1c2ccc(S(=O)(=O)N3CCCCC3)cc2CC1C(=O)NCc1ccc(N(C)C)cc1. The molecule has 188 valence electrons. The van der Waals surface area contributed by atoms with Gasteiger partial charge in [-0.3, -0.25) is 14.5 Å². The lowest BCUT2D eigenvalue weighted by atomic mass is 10.1. The molecular formula is C26H34N4O4S. The van der Waals surface area contributed by atoms with Crippen molar-refractivity contribution in [3.63, 3.8) is 0 Å². The first-order chi connectivity index (χ1) is 16.7. The molecule has 0 bridgehead atoms. The normalized spacial score (nSPS) is 18.3. The number of nitrogens with one attached hydrogen (secondary N) is 1. The minimum Gasteiger partial charge on any atom is -0.378 e. The fraction of sp³-hybridized carbons (Fsp3) is 0.462. The summed E-state index contributed by atoms with van der Waals surface area (Å²) in [5.74, 6) is -0.411. The summed E-state index contributed by atoms with van der Waals surface area (Å²) in [4.78, 5) is 29.8. The van der Waals surface area contributed by atoms with Crippen LogP contribution in [0.1, 0.15) is 43.7 Å². The number of hydrogen-bond acceptors (Lipinski definition) is 5. The monoisotopic (exact) mass is 498 g/mol. The van der Waals surface area contributed by atoms with Crippen molar-refractivity contribution in [2.45, 2.75) is 56.5 Å². The van der Waals surface area contributed by atoms with Gasteiger partial charge in [0, 0.05) is 57.9 Å². The fourth-order valence-electron chi connectivity index (χ4n) is 4.75. The second kappa shape index (κ2) is 10.4. The van der Waals surface area contributed by atoms with Crippen molar-refractivity contribution in [3.05, 3.63) is 53.6 Å². The van der Waals surface area contributed by atoms with E-state index < -0.39 is 16.1 Å². The highest BCUT2D eigenvalue weighted by molar-refractivity contribution is 7.89. The first-order valence-electron chi connectivity index (χ1n) is 12.2. The molecule has 2 aromatic carbocycles. The van der Waals surface area contributed by atoms with E-state index in [4.69, 9.17) is 0 Å². The van der Waals surface area contributed by atoms with E-state index in [1.54, 1.807) is 25.1 Å². The number of benzene rings is 2. The van der Waals surface area contributed by atoms with Crippen molar-refractivity contribution in [2.75, 3.05) is 37.0 Å². The average Bonchev–Trinajstić information content (AvgIpc) is 3.26. The number of sulfonamides is 1. The van der Waals surface area contributed by atoms with E-state index in [0.717, 1.165) is 30.5 Å². The molecule has 4 rings (SSSR count). The van der Waals surface area contributed by atoms with Gasteiger partial charge in [-0.15, -0.1) is 0 Å². The Hall–Kier alpha value is -2.91. The summed E-state index contributed by atoms with van der Waals surface area (Å²) in [7, 11) is 0.344. The molecule has 2 heterocycles. The van der Waals surface area contributed by atoms with Gasteiger partial charge < -0.3 is 10.2 Å². The average molecular weight is 499 g/mol. The van der Waals surface area contributed by atoms with Gasteiger partial charge in [-0.2, -0.15) is 4.31 Å². The van der Waals surface area contributed by atoms with Crippen LogP contribution in [0.3, 0.4) is 0 Å². The Bertz CT molecular complexity index is 1190. The second-order valence-corrected chi connectivity index (χ2v) is 11.3. The zero-order chi connectivity index (χ0) is 25.2. The van der Waals surface area contributed by atoms with Crippen LogP contribution in [0.25, 0.3) is 0 Å². The molecule has 1 N–H and O–H groups in total. The van der Waals surface area contributed by atoms with Crippen molar-refractivity contribution in [1.82, 2.24) is 9.62 Å². The highest BCUT2D eigenvalue weighted by Crippen LogP contribution is 2.35. The van der Waals surface area contributed by atoms with E-state index in [1.807, 2.05) is 43.3 Å².